The maximum absolute atomic E-state index is 12.9. The number of rotatable bonds is 4. The molecule has 1 saturated heterocycles. The molecule has 1 aliphatic heterocycles. The van der Waals surface area contributed by atoms with Gasteiger partial charge in [0.15, 0.2) is 0 Å². The molecule has 1 N–H and O–H groups in total. The van der Waals surface area contributed by atoms with Crippen molar-refractivity contribution < 1.29 is 17.9 Å². The number of hydrogen-bond acceptors (Lipinski definition) is 4. The lowest BCUT2D eigenvalue weighted by molar-refractivity contribution is 0.0730. The number of ether oxygens (including phenoxy) is 1. The third-order valence-electron chi connectivity index (χ3n) is 4.13. The minimum Gasteiger partial charge on any atom is -0.379 e. The molecule has 0 unspecified atom stereocenters. The van der Waals surface area contributed by atoms with E-state index >= 15 is 0 Å². The van der Waals surface area contributed by atoms with Gasteiger partial charge in [-0.2, -0.15) is 4.31 Å². The number of sulfonamides is 1. The van der Waals surface area contributed by atoms with Crippen molar-refractivity contribution in [3.05, 3.63) is 45.2 Å². The van der Waals surface area contributed by atoms with Gasteiger partial charge < -0.3 is 14.6 Å². The molecule has 146 valence electrons. The van der Waals surface area contributed by atoms with E-state index in [1.165, 1.54) is 33.1 Å². The van der Waals surface area contributed by atoms with E-state index in [0.29, 0.717) is 13.2 Å². The molecule has 1 fully saturated rings. The van der Waals surface area contributed by atoms with Gasteiger partial charge in [-0.05, 0) is 24.3 Å². The number of amides is 1. The summed E-state index contributed by atoms with van der Waals surface area (Å²) in [6.07, 6.45) is 0. The molecule has 0 saturated carbocycles. The zero-order valence-corrected chi connectivity index (χ0v) is 17.3. The fourth-order valence-electron chi connectivity index (χ4n) is 2.66. The SMILES string of the molecule is Cn1c(C(=O)Nc2ccc(Cl)c(S(=O)(=O)N3CCOCC3)c2)cc(Cl)c1Cl. The molecule has 11 heteroatoms. The largest absolute Gasteiger partial charge is 0.379 e. The van der Waals surface area contributed by atoms with E-state index in [9.17, 15) is 13.2 Å². The van der Waals surface area contributed by atoms with Gasteiger partial charge in [0.05, 0.1) is 23.3 Å². The van der Waals surface area contributed by atoms with Crippen LogP contribution in [0.25, 0.3) is 0 Å². The Balaban J connectivity index is 1.89. The molecule has 0 atom stereocenters. The standard InChI is InChI=1S/C16H16Cl3N3O4S/c1-21-13(9-12(18)15(21)19)16(23)20-10-2-3-11(17)14(8-10)27(24,25)22-4-6-26-7-5-22/h2-3,8-9H,4-7H2,1H3,(H,20,23). The van der Waals surface area contributed by atoms with Crippen LogP contribution in [-0.2, 0) is 21.8 Å². The van der Waals surface area contributed by atoms with Crippen LogP contribution < -0.4 is 5.32 Å². The second-order valence-corrected chi connectivity index (χ2v) is 8.92. The molecular weight excluding hydrogens is 437 g/mol. The maximum atomic E-state index is 12.9. The minimum atomic E-state index is -3.80. The van der Waals surface area contributed by atoms with Crippen molar-refractivity contribution >= 4 is 56.4 Å². The summed E-state index contributed by atoms with van der Waals surface area (Å²) in [6, 6.07) is 5.71. The van der Waals surface area contributed by atoms with E-state index in [2.05, 4.69) is 5.32 Å². The fourth-order valence-corrected chi connectivity index (χ4v) is 4.94. The van der Waals surface area contributed by atoms with E-state index in [1.807, 2.05) is 0 Å². The van der Waals surface area contributed by atoms with E-state index in [1.54, 1.807) is 7.05 Å². The number of carbonyl (C=O) groups excluding carboxylic acids is 1. The van der Waals surface area contributed by atoms with Crippen LogP contribution in [0.1, 0.15) is 10.5 Å². The summed E-state index contributed by atoms with van der Waals surface area (Å²) >= 11 is 18.0. The number of hydrogen-bond donors (Lipinski definition) is 1. The average Bonchev–Trinajstić information content (AvgIpc) is 2.91. The predicted octanol–water partition coefficient (Wildman–Crippen LogP) is 3.26. The molecule has 7 nitrogen and oxygen atoms in total. The average molecular weight is 453 g/mol. The van der Waals surface area contributed by atoms with Gasteiger partial charge in [-0.3, -0.25) is 4.79 Å². The Morgan fingerprint density at radius 2 is 1.78 bits per heavy atom. The number of nitrogens with zero attached hydrogens (tertiary/aromatic N) is 2. The highest BCUT2D eigenvalue weighted by atomic mass is 35.5. The third-order valence-corrected chi connectivity index (χ3v) is 7.35. The molecule has 0 spiro atoms. The zero-order chi connectivity index (χ0) is 19.8. The molecule has 3 rings (SSSR count). The Kier molecular flexibility index (Phi) is 6.05. The van der Waals surface area contributed by atoms with Gasteiger partial charge >= 0.3 is 0 Å². The second-order valence-electron chi connectivity index (χ2n) is 5.84. The molecule has 1 aliphatic rings. The third kappa shape index (κ3) is 4.11. The minimum absolute atomic E-state index is 0.0736. The lowest BCUT2D eigenvalue weighted by atomic mass is 10.3. The number of morpholine rings is 1. The van der Waals surface area contributed by atoms with Gasteiger partial charge in [0.25, 0.3) is 5.91 Å². The van der Waals surface area contributed by atoms with Gasteiger partial charge in [0.2, 0.25) is 10.0 Å². The molecule has 2 heterocycles. The molecule has 27 heavy (non-hydrogen) atoms. The number of anilines is 1. The van der Waals surface area contributed by atoms with Crippen LogP contribution in [0.15, 0.2) is 29.2 Å². The molecule has 1 aromatic heterocycles. The normalized spacial score (nSPS) is 15.7. The molecule has 0 aliphatic carbocycles. The van der Waals surface area contributed by atoms with E-state index in [4.69, 9.17) is 39.5 Å². The van der Waals surface area contributed by atoms with Gasteiger partial charge in [-0.1, -0.05) is 34.8 Å². The van der Waals surface area contributed by atoms with Crippen molar-refractivity contribution in [1.82, 2.24) is 8.87 Å². The molecule has 2 aromatic rings. The Hall–Kier alpha value is -1.29. The molecule has 1 amide bonds. The summed E-state index contributed by atoms with van der Waals surface area (Å²) in [5.74, 6) is -0.483. The fraction of sp³-hybridized carbons (Fsp3) is 0.312. The number of carbonyl (C=O) groups is 1. The predicted molar refractivity (Wildman–Crippen MR) is 104 cm³/mol. The van der Waals surface area contributed by atoms with Crippen molar-refractivity contribution in [2.75, 3.05) is 31.6 Å². The number of aromatic nitrogens is 1. The van der Waals surface area contributed by atoms with Crippen LogP contribution in [0, 0.1) is 0 Å². The molecule has 0 bridgehead atoms. The van der Waals surface area contributed by atoms with Crippen molar-refractivity contribution in [3.63, 3.8) is 0 Å². The lowest BCUT2D eigenvalue weighted by Gasteiger charge is -2.26. The van der Waals surface area contributed by atoms with E-state index < -0.39 is 15.9 Å². The summed E-state index contributed by atoms with van der Waals surface area (Å²) in [4.78, 5) is 12.4. The zero-order valence-electron chi connectivity index (χ0n) is 14.2. The summed E-state index contributed by atoms with van der Waals surface area (Å²) < 4.78 is 33.6. The molecular formula is C16H16Cl3N3O4S. The smallest absolute Gasteiger partial charge is 0.272 e. The van der Waals surface area contributed by atoms with Gasteiger partial charge in [-0.25, -0.2) is 8.42 Å². The Morgan fingerprint density at radius 1 is 1.11 bits per heavy atom. The highest BCUT2D eigenvalue weighted by Gasteiger charge is 2.29. The summed E-state index contributed by atoms with van der Waals surface area (Å²) in [6.45, 7) is 1.13. The van der Waals surface area contributed by atoms with Crippen molar-refractivity contribution in [1.29, 1.82) is 0 Å². The van der Waals surface area contributed by atoms with Crippen molar-refractivity contribution in [2.45, 2.75) is 4.90 Å². The Bertz CT molecular complexity index is 985. The van der Waals surface area contributed by atoms with Crippen LogP contribution >= 0.6 is 34.8 Å². The number of nitrogens with one attached hydrogen (secondary N) is 1. The first-order valence-corrected chi connectivity index (χ1v) is 10.5. The highest BCUT2D eigenvalue weighted by molar-refractivity contribution is 7.89. The van der Waals surface area contributed by atoms with Gasteiger partial charge in [-0.15, -0.1) is 0 Å². The first-order valence-electron chi connectivity index (χ1n) is 7.91. The van der Waals surface area contributed by atoms with Gasteiger partial charge in [0, 0.05) is 25.8 Å². The van der Waals surface area contributed by atoms with E-state index in [-0.39, 0.29) is 44.6 Å². The van der Waals surface area contributed by atoms with Crippen LogP contribution in [0.5, 0.6) is 0 Å². The first kappa shape index (κ1) is 20.4. The van der Waals surface area contributed by atoms with Gasteiger partial charge in [0.1, 0.15) is 15.7 Å². The molecule has 1 aromatic carbocycles. The summed E-state index contributed by atoms with van der Waals surface area (Å²) in [5.41, 5.74) is 0.516. The van der Waals surface area contributed by atoms with Crippen molar-refractivity contribution in [2.24, 2.45) is 7.05 Å². The number of benzene rings is 1. The van der Waals surface area contributed by atoms with Crippen molar-refractivity contribution in [3.8, 4) is 0 Å². The quantitative estimate of drug-likeness (QED) is 0.772. The Morgan fingerprint density at radius 3 is 2.37 bits per heavy atom. The maximum Gasteiger partial charge on any atom is 0.272 e. The van der Waals surface area contributed by atoms with Crippen LogP contribution in [0.4, 0.5) is 5.69 Å². The monoisotopic (exact) mass is 451 g/mol. The summed E-state index contributed by atoms with van der Waals surface area (Å²) in [5, 5.41) is 3.19. The number of halogens is 3. The van der Waals surface area contributed by atoms with E-state index in [0.717, 1.165) is 0 Å². The lowest BCUT2D eigenvalue weighted by Crippen LogP contribution is -2.40. The summed E-state index contributed by atoms with van der Waals surface area (Å²) in [7, 11) is -2.21. The highest BCUT2D eigenvalue weighted by Crippen LogP contribution is 2.29. The second kappa shape index (κ2) is 7.98. The van der Waals surface area contributed by atoms with Crippen LogP contribution in [-0.4, -0.2) is 49.5 Å². The molecule has 0 radical (unpaired) electrons. The topological polar surface area (TPSA) is 80.6 Å². The first-order chi connectivity index (χ1) is 12.7. The Labute approximate surface area is 171 Å². The van der Waals surface area contributed by atoms with Crippen LogP contribution in [0.2, 0.25) is 15.2 Å². The van der Waals surface area contributed by atoms with Crippen LogP contribution in [0.3, 0.4) is 0 Å².